The highest BCUT2D eigenvalue weighted by molar-refractivity contribution is 6.03. The van der Waals surface area contributed by atoms with Crippen LogP contribution >= 0.6 is 0 Å². The Morgan fingerprint density at radius 1 is 1.00 bits per heavy atom. The van der Waals surface area contributed by atoms with E-state index < -0.39 is 17.6 Å². The SMILES string of the molecule is CC(Nc1ccnc(C(=O)Nc2ccccc2C(F)(F)F)c1)c1ccccc1. The minimum absolute atomic E-state index is 0.0160. The van der Waals surface area contributed by atoms with E-state index in [1.165, 1.54) is 30.5 Å². The maximum Gasteiger partial charge on any atom is 0.418 e. The van der Waals surface area contributed by atoms with E-state index in [9.17, 15) is 18.0 Å². The summed E-state index contributed by atoms with van der Waals surface area (Å²) in [6, 6.07) is 17.7. The van der Waals surface area contributed by atoms with Crippen molar-refractivity contribution in [2.75, 3.05) is 10.6 Å². The molecule has 28 heavy (non-hydrogen) atoms. The number of halogens is 3. The molecule has 0 aliphatic heterocycles. The Morgan fingerprint density at radius 2 is 1.68 bits per heavy atom. The monoisotopic (exact) mass is 385 g/mol. The van der Waals surface area contributed by atoms with Crippen LogP contribution in [-0.2, 0) is 6.18 Å². The van der Waals surface area contributed by atoms with Gasteiger partial charge in [-0.1, -0.05) is 42.5 Å². The van der Waals surface area contributed by atoms with Crippen LogP contribution in [0.25, 0.3) is 0 Å². The molecule has 4 nitrogen and oxygen atoms in total. The molecule has 3 rings (SSSR count). The molecule has 1 amide bonds. The molecule has 2 aromatic carbocycles. The fraction of sp³-hybridized carbons (Fsp3) is 0.143. The fourth-order valence-corrected chi connectivity index (χ4v) is 2.75. The molecule has 1 heterocycles. The minimum Gasteiger partial charge on any atom is -0.378 e. The number of para-hydroxylation sites is 1. The predicted molar refractivity (Wildman–Crippen MR) is 102 cm³/mol. The van der Waals surface area contributed by atoms with Gasteiger partial charge in [0.1, 0.15) is 5.69 Å². The third kappa shape index (κ3) is 4.68. The number of benzene rings is 2. The second kappa shape index (κ2) is 8.12. The summed E-state index contributed by atoms with van der Waals surface area (Å²) in [6.45, 7) is 1.97. The van der Waals surface area contributed by atoms with Crippen molar-refractivity contribution in [3.05, 3.63) is 89.7 Å². The van der Waals surface area contributed by atoms with E-state index >= 15 is 0 Å². The molecule has 3 aromatic rings. The lowest BCUT2D eigenvalue weighted by atomic mass is 10.1. The first-order chi connectivity index (χ1) is 13.3. The van der Waals surface area contributed by atoms with Crippen LogP contribution in [0.4, 0.5) is 24.5 Å². The lowest BCUT2D eigenvalue weighted by Crippen LogP contribution is -2.18. The van der Waals surface area contributed by atoms with Gasteiger partial charge in [-0.2, -0.15) is 13.2 Å². The van der Waals surface area contributed by atoms with E-state index in [0.717, 1.165) is 11.6 Å². The summed E-state index contributed by atoms with van der Waals surface area (Å²) in [5.74, 6) is -0.715. The van der Waals surface area contributed by atoms with Crippen LogP contribution in [0.2, 0.25) is 0 Å². The highest BCUT2D eigenvalue weighted by Gasteiger charge is 2.33. The van der Waals surface area contributed by atoms with Crippen LogP contribution in [-0.4, -0.2) is 10.9 Å². The van der Waals surface area contributed by atoms with Gasteiger partial charge >= 0.3 is 6.18 Å². The summed E-state index contributed by atoms with van der Waals surface area (Å²) < 4.78 is 39.3. The molecule has 0 fully saturated rings. The van der Waals surface area contributed by atoms with E-state index in [1.807, 2.05) is 37.3 Å². The van der Waals surface area contributed by atoms with Crippen LogP contribution in [0.15, 0.2) is 72.9 Å². The second-order valence-electron chi connectivity index (χ2n) is 6.20. The zero-order valence-corrected chi connectivity index (χ0v) is 15.0. The number of nitrogens with one attached hydrogen (secondary N) is 2. The van der Waals surface area contributed by atoms with E-state index in [0.29, 0.717) is 5.69 Å². The van der Waals surface area contributed by atoms with Gasteiger partial charge in [0.2, 0.25) is 0 Å². The molecule has 0 saturated heterocycles. The number of carbonyl (C=O) groups is 1. The molecular weight excluding hydrogens is 367 g/mol. The Morgan fingerprint density at radius 3 is 2.39 bits per heavy atom. The average Bonchev–Trinajstić information content (AvgIpc) is 2.68. The van der Waals surface area contributed by atoms with Gasteiger partial charge in [-0.3, -0.25) is 9.78 Å². The molecule has 1 atom stereocenters. The standard InChI is InChI=1S/C21H18F3N3O/c1-14(15-7-3-2-4-8-15)26-16-11-12-25-19(13-16)20(28)27-18-10-6-5-9-17(18)21(22,23)24/h2-14H,1H3,(H,25,26)(H,27,28). The maximum atomic E-state index is 13.1. The number of hydrogen-bond acceptors (Lipinski definition) is 3. The van der Waals surface area contributed by atoms with E-state index in [4.69, 9.17) is 0 Å². The molecule has 0 aliphatic rings. The van der Waals surface area contributed by atoms with Crippen LogP contribution in [0.1, 0.15) is 34.6 Å². The minimum atomic E-state index is -4.56. The lowest BCUT2D eigenvalue weighted by molar-refractivity contribution is -0.136. The summed E-state index contributed by atoms with van der Waals surface area (Å²) in [6.07, 6.45) is -3.13. The largest absolute Gasteiger partial charge is 0.418 e. The lowest BCUT2D eigenvalue weighted by Gasteiger charge is -2.16. The number of nitrogens with zero attached hydrogens (tertiary/aromatic N) is 1. The summed E-state index contributed by atoms with van der Waals surface area (Å²) in [5.41, 5.74) is 0.500. The summed E-state index contributed by atoms with van der Waals surface area (Å²) in [7, 11) is 0. The Kier molecular flexibility index (Phi) is 5.63. The first-order valence-corrected chi connectivity index (χ1v) is 8.59. The van der Waals surface area contributed by atoms with Crippen molar-refractivity contribution >= 4 is 17.3 Å². The van der Waals surface area contributed by atoms with Gasteiger partial charge in [0.05, 0.1) is 11.3 Å². The van der Waals surface area contributed by atoms with Crippen molar-refractivity contribution in [2.24, 2.45) is 0 Å². The van der Waals surface area contributed by atoms with Crippen molar-refractivity contribution < 1.29 is 18.0 Å². The quantitative estimate of drug-likeness (QED) is 0.608. The van der Waals surface area contributed by atoms with Gasteiger partial charge in [-0.05, 0) is 36.8 Å². The molecular formula is C21H18F3N3O. The Balaban J connectivity index is 1.76. The van der Waals surface area contributed by atoms with Gasteiger partial charge in [-0.25, -0.2) is 0 Å². The number of aromatic nitrogens is 1. The van der Waals surface area contributed by atoms with Crippen molar-refractivity contribution in [1.82, 2.24) is 4.98 Å². The molecule has 144 valence electrons. The van der Waals surface area contributed by atoms with Crippen LogP contribution in [0.3, 0.4) is 0 Å². The number of anilines is 2. The second-order valence-corrected chi connectivity index (χ2v) is 6.20. The number of hydrogen-bond donors (Lipinski definition) is 2. The first-order valence-electron chi connectivity index (χ1n) is 8.59. The maximum absolute atomic E-state index is 13.1. The number of alkyl halides is 3. The number of carbonyl (C=O) groups excluding carboxylic acids is 1. The van der Waals surface area contributed by atoms with Crippen molar-refractivity contribution in [3.63, 3.8) is 0 Å². The third-order valence-corrected chi connectivity index (χ3v) is 4.16. The van der Waals surface area contributed by atoms with Crippen molar-refractivity contribution in [1.29, 1.82) is 0 Å². The summed E-state index contributed by atoms with van der Waals surface area (Å²) >= 11 is 0. The van der Waals surface area contributed by atoms with E-state index in [2.05, 4.69) is 15.6 Å². The Bertz CT molecular complexity index is 958. The number of rotatable bonds is 5. The molecule has 1 aromatic heterocycles. The van der Waals surface area contributed by atoms with E-state index in [-0.39, 0.29) is 17.4 Å². The zero-order valence-electron chi connectivity index (χ0n) is 15.0. The predicted octanol–water partition coefficient (Wildman–Crippen LogP) is 5.53. The van der Waals surface area contributed by atoms with E-state index in [1.54, 1.807) is 6.07 Å². The average molecular weight is 385 g/mol. The van der Waals surface area contributed by atoms with Gasteiger partial charge in [-0.15, -0.1) is 0 Å². The van der Waals surface area contributed by atoms with Gasteiger partial charge in [0, 0.05) is 17.9 Å². The van der Waals surface area contributed by atoms with Crippen molar-refractivity contribution in [3.8, 4) is 0 Å². The van der Waals surface area contributed by atoms with Gasteiger partial charge in [0.25, 0.3) is 5.91 Å². The molecule has 7 heteroatoms. The fourth-order valence-electron chi connectivity index (χ4n) is 2.75. The Labute approximate surface area is 160 Å². The molecule has 0 aliphatic carbocycles. The zero-order chi connectivity index (χ0) is 20.1. The molecule has 0 saturated carbocycles. The number of pyridine rings is 1. The van der Waals surface area contributed by atoms with Crippen LogP contribution in [0.5, 0.6) is 0 Å². The molecule has 0 bridgehead atoms. The van der Waals surface area contributed by atoms with Crippen LogP contribution in [0, 0.1) is 0 Å². The van der Waals surface area contributed by atoms with Crippen molar-refractivity contribution in [2.45, 2.75) is 19.1 Å². The molecule has 2 N–H and O–H groups in total. The smallest absolute Gasteiger partial charge is 0.378 e. The third-order valence-electron chi connectivity index (χ3n) is 4.16. The molecule has 0 spiro atoms. The Hall–Kier alpha value is -3.35. The molecule has 1 unspecified atom stereocenters. The van der Waals surface area contributed by atoms with Crippen LogP contribution < -0.4 is 10.6 Å². The van der Waals surface area contributed by atoms with Gasteiger partial charge in [0.15, 0.2) is 0 Å². The number of amides is 1. The summed E-state index contributed by atoms with van der Waals surface area (Å²) in [5, 5.41) is 5.55. The van der Waals surface area contributed by atoms with Gasteiger partial charge < -0.3 is 10.6 Å². The first kappa shape index (κ1) is 19.4. The highest BCUT2D eigenvalue weighted by Crippen LogP contribution is 2.34. The highest BCUT2D eigenvalue weighted by atomic mass is 19.4. The molecule has 0 radical (unpaired) electrons. The summed E-state index contributed by atoms with van der Waals surface area (Å²) in [4.78, 5) is 16.4. The normalized spacial score (nSPS) is 12.3. The topological polar surface area (TPSA) is 54.0 Å².